The zero-order chi connectivity index (χ0) is 13.5. The van der Waals surface area contributed by atoms with E-state index in [-0.39, 0.29) is 0 Å². The van der Waals surface area contributed by atoms with Gasteiger partial charge in [0.15, 0.2) is 0 Å². The Morgan fingerprint density at radius 3 is 2.60 bits per heavy atom. The molecule has 1 saturated carbocycles. The summed E-state index contributed by atoms with van der Waals surface area (Å²) in [7, 11) is 0. The fraction of sp³-hybridized carbons (Fsp3) is 0.211. The van der Waals surface area contributed by atoms with Gasteiger partial charge in [0.05, 0.1) is 11.6 Å². The molecule has 0 amide bonds. The Bertz CT molecular complexity index is 758. The first-order chi connectivity index (χ1) is 9.85. The van der Waals surface area contributed by atoms with E-state index in [1.165, 1.54) is 35.1 Å². The van der Waals surface area contributed by atoms with E-state index >= 15 is 0 Å². The fourth-order valence-electron chi connectivity index (χ4n) is 3.01. The summed E-state index contributed by atoms with van der Waals surface area (Å²) >= 11 is 0. The molecule has 0 radical (unpaired) electrons. The summed E-state index contributed by atoms with van der Waals surface area (Å²) in [6.07, 6.45) is 7.89. The van der Waals surface area contributed by atoms with Crippen LogP contribution < -0.4 is 0 Å². The third kappa shape index (κ3) is 1.85. The van der Waals surface area contributed by atoms with Gasteiger partial charge in [0, 0.05) is 0 Å². The lowest BCUT2D eigenvalue weighted by molar-refractivity contribution is 1.12. The summed E-state index contributed by atoms with van der Waals surface area (Å²) in [5, 5.41) is 9.36. The van der Waals surface area contributed by atoms with Crippen molar-refractivity contribution in [3.05, 3.63) is 64.7 Å². The summed E-state index contributed by atoms with van der Waals surface area (Å²) in [6, 6.07) is 15.3. The predicted molar refractivity (Wildman–Crippen MR) is 81.3 cm³/mol. The first-order valence-electron chi connectivity index (χ1n) is 7.19. The Morgan fingerprint density at radius 2 is 1.80 bits per heavy atom. The first-order valence-corrected chi connectivity index (χ1v) is 7.19. The van der Waals surface area contributed by atoms with Crippen molar-refractivity contribution in [2.24, 2.45) is 0 Å². The van der Waals surface area contributed by atoms with Crippen molar-refractivity contribution in [2.45, 2.75) is 25.2 Å². The maximum Gasteiger partial charge on any atom is 0.0994 e. The molecule has 2 aliphatic rings. The van der Waals surface area contributed by atoms with Gasteiger partial charge in [0.25, 0.3) is 0 Å². The van der Waals surface area contributed by atoms with E-state index in [4.69, 9.17) is 0 Å². The van der Waals surface area contributed by atoms with Crippen molar-refractivity contribution in [3.63, 3.8) is 0 Å². The quantitative estimate of drug-likeness (QED) is 0.766. The molecule has 96 valence electrons. The zero-order valence-corrected chi connectivity index (χ0v) is 11.3. The van der Waals surface area contributed by atoms with Crippen molar-refractivity contribution in [1.29, 1.82) is 5.26 Å². The van der Waals surface area contributed by atoms with Crippen LogP contribution in [0.4, 0.5) is 0 Å². The van der Waals surface area contributed by atoms with Crippen molar-refractivity contribution in [1.82, 2.24) is 0 Å². The number of hydrogen-bond acceptors (Lipinski definition) is 1. The molecule has 0 aliphatic heterocycles. The van der Waals surface area contributed by atoms with Crippen LogP contribution in [0.25, 0.3) is 17.2 Å². The summed E-state index contributed by atoms with van der Waals surface area (Å²) in [6.45, 7) is 0. The van der Waals surface area contributed by atoms with Gasteiger partial charge < -0.3 is 0 Å². The van der Waals surface area contributed by atoms with Crippen LogP contribution >= 0.6 is 0 Å². The van der Waals surface area contributed by atoms with E-state index in [1.54, 1.807) is 0 Å². The third-order valence-electron chi connectivity index (χ3n) is 4.31. The maximum absolute atomic E-state index is 9.36. The Balaban J connectivity index is 1.78. The molecule has 1 heteroatoms. The lowest BCUT2D eigenvalue weighted by Gasteiger charge is -2.08. The van der Waals surface area contributed by atoms with Crippen LogP contribution in [0.3, 0.4) is 0 Å². The van der Waals surface area contributed by atoms with Gasteiger partial charge in [-0.05, 0) is 65.1 Å². The van der Waals surface area contributed by atoms with Crippen molar-refractivity contribution >= 4 is 6.08 Å². The van der Waals surface area contributed by atoms with Gasteiger partial charge in [-0.2, -0.15) is 5.26 Å². The van der Waals surface area contributed by atoms with E-state index in [2.05, 4.69) is 48.6 Å². The summed E-state index contributed by atoms with van der Waals surface area (Å²) in [5.74, 6) is 0.627. The molecule has 0 unspecified atom stereocenters. The molecule has 0 bridgehead atoms. The fourth-order valence-corrected chi connectivity index (χ4v) is 3.01. The first kappa shape index (κ1) is 11.5. The number of fused-ring (bicyclic) bond motifs is 1. The minimum Gasteiger partial charge on any atom is -0.192 e. The SMILES string of the molecule is N#Cc1cc(-c2ccc3c(c2)C=CC3)ccc1C1CC1. The number of rotatable bonds is 2. The molecule has 4 rings (SSSR count). The molecule has 0 N–H and O–H groups in total. The normalized spacial score (nSPS) is 15.9. The van der Waals surface area contributed by atoms with E-state index in [0.29, 0.717) is 5.92 Å². The largest absolute Gasteiger partial charge is 0.192 e. The molecular weight excluding hydrogens is 242 g/mol. The van der Waals surface area contributed by atoms with E-state index in [1.807, 2.05) is 6.07 Å². The Labute approximate surface area is 119 Å². The number of nitriles is 1. The molecule has 2 aromatic rings. The van der Waals surface area contributed by atoms with Gasteiger partial charge in [-0.3, -0.25) is 0 Å². The second-order valence-corrected chi connectivity index (χ2v) is 5.71. The van der Waals surface area contributed by atoms with Crippen LogP contribution in [0.2, 0.25) is 0 Å². The Hall–Kier alpha value is -2.33. The monoisotopic (exact) mass is 257 g/mol. The van der Waals surface area contributed by atoms with Crippen LogP contribution in [0.1, 0.15) is 41.0 Å². The average Bonchev–Trinajstić information content (AvgIpc) is 3.23. The molecule has 0 aromatic heterocycles. The molecule has 0 atom stereocenters. The molecule has 1 nitrogen and oxygen atoms in total. The highest BCUT2D eigenvalue weighted by Gasteiger charge is 2.26. The molecule has 20 heavy (non-hydrogen) atoms. The van der Waals surface area contributed by atoms with Crippen molar-refractivity contribution < 1.29 is 0 Å². The van der Waals surface area contributed by atoms with Gasteiger partial charge in [-0.25, -0.2) is 0 Å². The van der Waals surface area contributed by atoms with E-state index < -0.39 is 0 Å². The molecule has 2 aliphatic carbocycles. The molecule has 1 fully saturated rings. The topological polar surface area (TPSA) is 23.8 Å². The maximum atomic E-state index is 9.36. The molecule has 0 heterocycles. The predicted octanol–water partition coefficient (Wildman–Crippen LogP) is 4.67. The molecule has 0 spiro atoms. The number of allylic oxidation sites excluding steroid dienone is 1. The minimum atomic E-state index is 0.627. The van der Waals surface area contributed by atoms with Crippen molar-refractivity contribution in [3.8, 4) is 17.2 Å². The van der Waals surface area contributed by atoms with Crippen LogP contribution in [-0.4, -0.2) is 0 Å². The van der Waals surface area contributed by atoms with Crippen molar-refractivity contribution in [2.75, 3.05) is 0 Å². The van der Waals surface area contributed by atoms with Gasteiger partial charge in [0.2, 0.25) is 0 Å². The van der Waals surface area contributed by atoms with Gasteiger partial charge in [-0.1, -0.05) is 36.4 Å². The van der Waals surface area contributed by atoms with E-state index in [0.717, 1.165) is 17.5 Å². The van der Waals surface area contributed by atoms with Gasteiger partial charge >= 0.3 is 0 Å². The number of nitrogens with zero attached hydrogens (tertiary/aromatic N) is 1. The number of benzene rings is 2. The zero-order valence-electron chi connectivity index (χ0n) is 11.3. The average molecular weight is 257 g/mol. The summed E-state index contributed by atoms with van der Waals surface area (Å²) in [5.41, 5.74) is 7.14. The van der Waals surface area contributed by atoms with Gasteiger partial charge in [0.1, 0.15) is 0 Å². The molecular formula is C19H15N. The second kappa shape index (κ2) is 4.35. The van der Waals surface area contributed by atoms with E-state index in [9.17, 15) is 5.26 Å². The van der Waals surface area contributed by atoms with Crippen LogP contribution in [0, 0.1) is 11.3 Å². The van der Waals surface area contributed by atoms with Crippen LogP contribution in [0.5, 0.6) is 0 Å². The second-order valence-electron chi connectivity index (χ2n) is 5.71. The van der Waals surface area contributed by atoms with Gasteiger partial charge in [-0.15, -0.1) is 0 Å². The highest BCUT2D eigenvalue weighted by atomic mass is 14.3. The third-order valence-corrected chi connectivity index (χ3v) is 4.31. The minimum absolute atomic E-state index is 0.627. The van der Waals surface area contributed by atoms with Crippen LogP contribution in [-0.2, 0) is 6.42 Å². The Morgan fingerprint density at radius 1 is 1.00 bits per heavy atom. The smallest absolute Gasteiger partial charge is 0.0994 e. The Kier molecular flexibility index (Phi) is 2.50. The highest BCUT2D eigenvalue weighted by molar-refractivity contribution is 5.72. The summed E-state index contributed by atoms with van der Waals surface area (Å²) in [4.78, 5) is 0. The molecule has 2 aromatic carbocycles. The van der Waals surface area contributed by atoms with Crippen LogP contribution in [0.15, 0.2) is 42.5 Å². The standard InChI is InChI=1S/C19H15N/c20-12-18-11-17(8-9-19(18)14-5-6-14)16-7-4-13-2-1-3-15(13)10-16/h1,3-4,7-11,14H,2,5-6H2. The summed E-state index contributed by atoms with van der Waals surface area (Å²) < 4.78 is 0. The lowest BCUT2D eigenvalue weighted by atomic mass is 9.95. The number of hydrogen-bond donors (Lipinski definition) is 0. The highest BCUT2D eigenvalue weighted by Crippen LogP contribution is 2.42. The molecule has 0 saturated heterocycles. The lowest BCUT2D eigenvalue weighted by Crippen LogP contribution is -1.89.